The van der Waals surface area contributed by atoms with Crippen LogP contribution < -0.4 is 15.1 Å². The van der Waals surface area contributed by atoms with E-state index in [9.17, 15) is 14.4 Å². The van der Waals surface area contributed by atoms with Crippen molar-refractivity contribution >= 4 is 50.9 Å². The molecule has 0 saturated carbocycles. The van der Waals surface area contributed by atoms with E-state index in [2.05, 4.69) is 21.2 Å². The van der Waals surface area contributed by atoms with Crippen LogP contribution in [0.4, 0.5) is 21.9 Å². The standard InChI is InChI=1S/C17H22BrN3O4/c1-9(2)25-17(24)20-8-10(3)21(12(5)23)16-7-14(19-11(4)22)13(18)6-15(16)20/h6-7,9-10H,8H2,1-5H3,(H,19,22)/t10-/m0/s1. The van der Waals surface area contributed by atoms with E-state index < -0.39 is 6.09 Å². The summed E-state index contributed by atoms with van der Waals surface area (Å²) in [5, 5.41) is 2.72. The molecule has 8 heteroatoms. The van der Waals surface area contributed by atoms with Gasteiger partial charge in [0, 0.05) is 24.9 Å². The van der Waals surface area contributed by atoms with Crippen molar-refractivity contribution in [3.05, 3.63) is 16.6 Å². The van der Waals surface area contributed by atoms with Crippen LogP contribution in [0.25, 0.3) is 0 Å². The summed E-state index contributed by atoms with van der Waals surface area (Å²) in [5.74, 6) is -0.364. The zero-order valence-corrected chi connectivity index (χ0v) is 16.5. The number of hydrogen-bond acceptors (Lipinski definition) is 4. The fourth-order valence-electron chi connectivity index (χ4n) is 2.85. The molecule has 0 aliphatic carbocycles. The van der Waals surface area contributed by atoms with Gasteiger partial charge in [-0.15, -0.1) is 0 Å². The third kappa shape index (κ3) is 4.12. The number of nitrogens with zero attached hydrogens (tertiary/aromatic N) is 2. The van der Waals surface area contributed by atoms with Gasteiger partial charge < -0.3 is 15.0 Å². The van der Waals surface area contributed by atoms with Crippen LogP contribution in [-0.4, -0.2) is 36.6 Å². The molecule has 25 heavy (non-hydrogen) atoms. The van der Waals surface area contributed by atoms with Crippen molar-refractivity contribution in [3.63, 3.8) is 0 Å². The second kappa shape index (κ2) is 7.43. The number of hydrogen-bond donors (Lipinski definition) is 1. The number of rotatable bonds is 2. The monoisotopic (exact) mass is 411 g/mol. The highest BCUT2D eigenvalue weighted by Crippen LogP contribution is 2.41. The van der Waals surface area contributed by atoms with Crippen LogP contribution in [0.15, 0.2) is 16.6 Å². The first-order valence-electron chi connectivity index (χ1n) is 8.01. The van der Waals surface area contributed by atoms with Crippen molar-refractivity contribution in [2.45, 2.75) is 46.8 Å². The topological polar surface area (TPSA) is 79.0 Å². The Morgan fingerprint density at radius 3 is 2.40 bits per heavy atom. The molecule has 1 atom stereocenters. The lowest BCUT2D eigenvalue weighted by Gasteiger charge is -2.40. The predicted molar refractivity (Wildman–Crippen MR) is 100 cm³/mol. The fraction of sp³-hybridized carbons (Fsp3) is 0.471. The van der Waals surface area contributed by atoms with Crippen LogP contribution in [0.2, 0.25) is 0 Å². The third-order valence-corrected chi connectivity index (χ3v) is 4.37. The molecule has 1 heterocycles. The smallest absolute Gasteiger partial charge is 0.414 e. The van der Waals surface area contributed by atoms with Crippen molar-refractivity contribution in [2.24, 2.45) is 0 Å². The van der Waals surface area contributed by atoms with Gasteiger partial charge in [-0.1, -0.05) is 0 Å². The summed E-state index contributed by atoms with van der Waals surface area (Å²) in [5.41, 5.74) is 1.64. The number of carbonyl (C=O) groups excluding carboxylic acids is 3. The van der Waals surface area contributed by atoms with Gasteiger partial charge in [0.25, 0.3) is 0 Å². The molecule has 0 radical (unpaired) electrons. The number of halogens is 1. The van der Waals surface area contributed by atoms with E-state index >= 15 is 0 Å². The third-order valence-electron chi connectivity index (χ3n) is 3.71. The van der Waals surface area contributed by atoms with Crippen molar-refractivity contribution in [3.8, 4) is 0 Å². The molecule has 7 nitrogen and oxygen atoms in total. The lowest BCUT2D eigenvalue weighted by Crippen LogP contribution is -2.51. The summed E-state index contributed by atoms with van der Waals surface area (Å²) >= 11 is 3.41. The van der Waals surface area contributed by atoms with Gasteiger partial charge in [-0.05, 0) is 48.8 Å². The molecular weight excluding hydrogens is 390 g/mol. The van der Waals surface area contributed by atoms with E-state index in [1.54, 1.807) is 30.9 Å². The number of fused-ring (bicyclic) bond motifs is 1. The normalized spacial score (nSPS) is 16.5. The van der Waals surface area contributed by atoms with Gasteiger partial charge in [-0.3, -0.25) is 14.5 Å². The van der Waals surface area contributed by atoms with Gasteiger partial charge in [0.15, 0.2) is 0 Å². The molecule has 1 aliphatic heterocycles. The molecule has 1 N–H and O–H groups in total. The lowest BCUT2D eigenvalue weighted by atomic mass is 10.1. The molecular formula is C17H22BrN3O4. The van der Waals surface area contributed by atoms with Crippen LogP contribution in [0.3, 0.4) is 0 Å². The molecule has 1 aliphatic rings. The fourth-order valence-corrected chi connectivity index (χ4v) is 3.28. The summed E-state index contributed by atoms with van der Waals surface area (Å²) in [7, 11) is 0. The largest absolute Gasteiger partial charge is 0.446 e. The van der Waals surface area contributed by atoms with Crippen LogP contribution in [0.5, 0.6) is 0 Å². The van der Waals surface area contributed by atoms with E-state index in [1.165, 1.54) is 18.7 Å². The van der Waals surface area contributed by atoms with Gasteiger partial charge in [0.2, 0.25) is 11.8 Å². The summed E-state index contributed by atoms with van der Waals surface area (Å²) in [4.78, 5) is 39.2. The first-order valence-corrected chi connectivity index (χ1v) is 8.80. The molecule has 2 rings (SSSR count). The van der Waals surface area contributed by atoms with Crippen molar-refractivity contribution in [1.29, 1.82) is 0 Å². The van der Waals surface area contributed by atoms with Crippen LogP contribution in [0.1, 0.15) is 34.6 Å². The van der Waals surface area contributed by atoms with Crippen LogP contribution >= 0.6 is 15.9 Å². The Labute approximate surface area is 155 Å². The molecule has 136 valence electrons. The molecule has 0 bridgehead atoms. The summed E-state index contributed by atoms with van der Waals surface area (Å²) < 4.78 is 5.94. The predicted octanol–water partition coefficient (Wildman–Crippen LogP) is 3.51. The summed E-state index contributed by atoms with van der Waals surface area (Å²) in [6.07, 6.45) is -0.718. The van der Waals surface area contributed by atoms with Crippen LogP contribution in [0, 0.1) is 0 Å². The lowest BCUT2D eigenvalue weighted by molar-refractivity contribution is -0.117. The molecule has 1 aromatic carbocycles. The number of anilines is 3. The van der Waals surface area contributed by atoms with Crippen LogP contribution in [-0.2, 0) is 14.3 Å². The second-order valence-electron chi connectivity index (χ2n) is 6.28. The van der Waals surface area contributed by atoms with Crippen molar-refractivity contribution in [2.75, 3.05) is 21.7 Å². The van der Waals surface area contributed by atoms with Crippen molar-refractivity contribution < 1.29 is 19.1 Å². The number of nitrogens with one attached hydrogen (secondary N) is 1. The van der Waals surface area contributed by atoms with E-state index in [1.807, 2.05) is 6.92 Å². The highest BCUT2D eigenvalue weighted by molar-refractivity contribution is 9.10. The Kier molecular flexibility index (Phi) is 5.72. The first kappa shape index (κ1) is 19.2. The maximum Gasteiger partial charge on any atom is 0.414 e. The molecule has 0 fully saturated rings. The minimum Gasteiger partial charge on any atom is -0.446 e. The molecule has 3 amide bonds. The van der Waals surface area contributed by atoms with Gasteiger partial charge in [0.05, 0.1) is 29.2 Å². The Bertz CT molecular complexity index is 720. The zero-order chi connectivity index (χ0) is 18.9. The highest BCUT2D eigenvalue weighted by Gasteiger charge is 2.35. The second-order valence-corrected chi connectivity index (χ2v) is 7.14. The molecule has 0 spiro atoms. The maximum absolute atomic E-state index is 12.5. The van der Waals surface area contributed by atoms with Gasteiger partial charge in [0.1, 0.15) is 0 Å². The molecule has 0 unspecified atom stereocenters. The van der Waals surface area contributed by atoms with Gasteiger partial charge >= 0.3 is 6.09 Å². The first-order chi connectivity index (χ1) is 11.6. The Hall–Kier alpha value is -2.09. The number of benzene rings is 1. The molecule has 0 saturated heterocycles. The summed E-state index contributed by atoms with van der Waals surface area (Å²) in [6, 6.07) is 3.17. The number of amides is 3. The SMILES string of the molecule is CC(=O)Nc1cc2c(cc1Br)N(C(=O)OC(C)C)C[C@H](C)N2C(C)=O. The maximum atomic E-state index is 12.5. The van der Waals surface area contributed by atoms with E-state index in [0.29, 0.717) is 28.1 Å². The highest BCUT2D eigenvalue weighted by atomic mass is 79.9. The quantitative estimate of drug-likeness (QED) is 0.807. The van der Waals surface area contributed by atoms with Gasteiger partial charge in [-0.2, -0.15) is 0 Å². The minimum atomic E-state index is -0.467. The van der Waals surface area contributed by atoms with E-state index in [4.69, 9.17) is 4.74 Å². The Morgan fingerprint density at radius 2 is 1.88 bits per heavy atom. The zero-order valence-electron chi connectivity index (χ0n) is 14.9. The number of ether oxygens (including phenoxy) is 1. The Morgan fingerprint density at radius 1 is 1.24 bits per heavy atom. The van der Waals surface area contributed by atoms with E-state index in [0.717, 1.165) is 0 Å². The summed E-state index contributed by atoms with van der Waals surface area (Å²) in [6.45, 7) is 8.63. The minimum absolute atomic E-state index is 0.137. The van der Waals surface area contributed by atoms with E-state index in [-0.39, 0.29) is 24.0 Å². The van der Waals surface area contributed by atoms with Crippen molar-refractivity contribution in [1.82, 2.24) is 0 Å². The molecule has 1 aromatic rings. The average Bonchev–Trinajstić information content (AvgIpc) is 2.46. The average molecular weight is 412 g/mol. The number of carbonyl (C=O) groups is 3. The van der Waals surface area contributed by atoms with Gasteiger partial charge in [-0.25, -0.2) is 4.79 Å². The Balaban J connectivity index is 2.57. The molecule has 0 aromatic heterocycles.